The molecule has 1 aliphatic rings. The van der Waals surface area contributed by atoms with Crippen molar-refractivity contribution in [2.24, 2.45) is 0 Å². The van der Waals surface area contributed by atoms with Crippen molar-refractivity contribution in [3.8, 4) is 0 Å². The molecule has 144 valence electrons. The highest BCUT2D eigenvalue weighted by atomic mass is 35.5. The van der Waals surface area contributed by atoms with Crippen LogP contribution < -0.4 is 10.2 Å². The maximum absolute atomic E-state index is 12.5. The van der Waals surface area contributed by atoms with Crippen LogP contribution in [-0.4, -0.2) is 42.1 Å². The lowest BCUT2D eigenvalue weighted by atomic mass is 9.86. The van der Waals surface area contributed by atoms with Gasteiger partial charge in [-0.1, -0.05) is 56.6 Å². The zero-order chi connectivity index (χ0) is 19.4. The molecule has 1 aromatic heterocycles. The summed E-state index contributed by atoms with van der Waals surface area (Å²) in [6, 6.07) is 12.0. The van der Waals surface area contributed by atoms with Crippen molar-refractivity contribution in [2.75, 3.05) is 31.1 Å². The number of nitrogens with one attached hydrogen (secondary N) is 1. The molecule has 0 radical (unpaired) electrons. The first-order valence-corrected chi connectivity index (χ1v) is 9.70. The first kappa shape index (κ1) is 19.5. The Morgan fingerprint density at radius 2 is 1.89 bits per heavy atom. The Kier molecular flexibility index (Phi) is 5.90. The quantitative estimate of drug-likeness (QED) is 0.865. The smallest absolute Gasteiger partial charge is 0.317 e. The van der Waals surface area contributed by atoms with Crippen LogP contribution >= 0.6 is 11.6 Å². The molecule has 1 N–H and O–H groups in total. The summed E-state index contributed by atoms with van der Waals surface area (Å²) in [5, 5.41) is 3.69. The number of hydrogen-bond acceptors (Lipinski definition) is 3. The summed E-state index contributed by atoms with van der Waals surface area (Å²) in [6.07, 6.45) is 1.74. The lowest BCUT2D eigenvalue weighted by molar-refractivity contribution is 0.194. The lowest BCUT2D eigenvalue weighted by Crippen LogP contribution is -2.52. The molecule has 1 saturated heterocycles. The van der Waals surface area contributed by atoms with Crippen LogP contribution in [0.2, 0.25) is 5.02 Å². The summed E-state index contributed by atoms with van der Waals surface area (Å²) >= 11 is 6.22. The van der Waals surface area contributed by atoms with Gasteiger partial charge in [-0.3, -0.25) is 0 Å². The second-order valence-corrected chi connectivity index (χ2v) is 8.30. The average Bonchev–Trinajstić information content (AvgIpc) is 2.66. The molecule has 6 heteroatoms. The lowest BCUT2D eigenvalue weighted by Gasteiger charge is -2.35. The zero-order valence-electron chi connectivity index (χ0n) is 16.2. The fraction of sp³-hybridized carbons (Fsp3) is 0.429. The van der Waals surface area contributed by atoms with Gasteiger partial charge in [0.25, 0.3) is 0 Å². The van der Waals surface area contributed by atoms with Crippen molar-refractivity contribution in [1.82, 2.24) is 15.2 Å². The molecule has 1 aromatic carbocycles. The Bertz CT molecular complexity index is 795. The van der Waals surface area contributed by atoms with Crippen LogP contribution in [0.15, 0.2) is 42.6 Å². The molecule has 2 amide bonds. The molecule has 0 atom stereocenters. The van der Waals surface area contributed by atoms with Gasteiger partial charge in [0.1, 0.15) is 5.82 Å². The van der Waals surface area contributed by atoms with E-state index in [1.54, 1.807) is 6.20 Å². The predicted molar refractivity (Wildman–Crippen MR) is 110 cm³/mol. The van der Waals surface area contributed by atoms with Gasteiger partial charge >= 0.3 is 6.03 Å². The number of hydrogen-bond donors (Lipinski definition) is 1. The number of aromatic nitrogens is 1. The fourth-order valence-corrected chi connectivity index (χ4v) is 3.41. The van der Waals surface area contributed by atoms with E-state index in [1.165, 1.54) is 5.56 Å². The maximum Gasteiger partial charge on any atom is 0.317 e. The van der Waals surface area contributed by atoms with Gasteiger partial charge in [-0.05, 0) is 28.7 Å². The molecule has 2 heterocycles. The molecule has 27 heavy (non-hydrogen) atoms. The Morgan fingerprint density at radius 1 is 1.15 bits per heavy atom. The molecule has 0 spiro atoms. The SMILES string of the molecule is CC(C)(C)c1cccc(CNC(=O)N2CCN(c3ncccc3Cl)CC2)c1. The Labute approximate surface area is 166 Å². The summed E-state index contributed by atoms with van der Waals surface area (Å²) < 4.78 is 0. The molecule has 0 aliphatic carbocycles. The first-order valence-electron chi connectivity index (χ1n) is 9.32. The number of nitrogens with zero attached hydrogens (tertiary/aromatic N) is 3. The van der Waals surface area contributed by atoms with Crippen LogP contribution in [0.1, 0.15) is 31.9 Å². The summed E-state index contributed by atoms with van der Waals surface area (Å²) in [6.45, 7) is 9.87. The minimum atomic E-state index is -0.0251. The molecule has 0 bridgehead atoms. The van der Waals surface area contributed by atoms with Crippen molar-refractivity contribution in [1.29, 1.82) is 0 Å². The first-order chi connectivity index (χ1) is 12.8. The van der Waals surface area contributed by atoms with Crippen LogP contribution in [0, 0.1) is 0 Å². The number of urea groups is 1. The molecule has 0 saturated carbocycles. The van der Waals surface area contributed by atoms with Gasteiger partial charge in [0.2, 0.25) is 0 Å². The molecular formula is C21H27ClN4O. The monoisotopic (exact) mass is 386 g/mol. The molecule has 5 nitrogen and oxygen atoms in total. The van der Waals surface area contributed by atoms with E-state index in [-0.39, 0.29) is 11.4 Å². The predicted octanol–water partition coefficient (Wildman–Crippen LogP) is 4.06. The molecule has 1 aliphatic heterocycles. The van der Waals surface area contributed by atoms with Gasteiger partial charge in [-0.2, -0.15) is 0 Å². The Hall–Kier alpha value is -2.27. The number of pyridine rings is 1. The zero-order valence-corrected chi connectivity index (χ0v) is 17.0. The minimum Gasteiger partial charge on any atom is -0.352 e. The molecule has 0 unspecified atom stereocenters. The summed E-state index contributed by atoms with van der Waals surface area (Å²) in [4.78, 5) is 20.8. The summed E-state index contributed by atoms with van der Waals surface area (Å²) in [7, 11) is 0. The van der Waals surface area contributed by atoms with Crippen molar-refractivity contribution in [2.45, 2.75) is 32.7 Å². The molecule has 1 fully saturated rings. The number of benzene rings is 1. The second kappa shape index (κ2) is 8.17. The van der Waals surface area contributed by atoms with Crippen LogP contribution in [0.5, 0.6) is 0 Å². The van der Waals surface area contributed by atoms with E-state index in [0.717, 1.165) is 24.5 Å². The minimum absolute atomic E-state index is 0.0251. The van der Waals surface area contributed by atoms with Crippen molar-refractivity contribution >= 4 is 23.4 Å². The van der Waals surface area contributed by atoms with Crippen LogP contribution in [-0.2, 0) is 12.0 Å². The van der Waals surface area contributed by atoms with E-state index >= 15 is 0 Å². The third-order valence-corrected chi connectivity index (χ3v) is 5.14. The third-order valence-electron chi connectivity index (χ3n) is 4.84. The largest absolute Gasteiger partial charge is 0.352 e. The van der Waals surface area contributed by atoms with E-state index in [1.807, 2.05) is 17.0 Å². The number of rotatable bonds is 3. The van der Waals surface area contributed by atoms with E-state index in [9.17, 15) is 4.79 Å². The van der Waals surface area contributed by atoms with E-state index in [4.69, 9.17) is 11.6 Å². The molecule has 2 aromatic rings. The second-order valence-electron chi connectivity index (χ2n) is 7.89. The van der Waals surface area contributed by atoms with Crippen LogP contribution in [0.25, 0.3) is 0 Å². The molecular weight excluding hydrogens is 360 g/mol. The number of carbonyl (C=O) groups excluding carboxylic acids is 1. The van der Waals surface area contributed by atoms with Gasteiger partial charge in [-0.25, -0.2) is 9.78 Å². The Balaban J connectivity index is 1.52. The van der Waals surface area contributed by atoms with E-state index < -0.39 is 0 Å². The van der Waals surface area contributed by atoms with E-state index in [0.29, 0.717) is 24.7 Å². The van der Waals surface area contributed by atoms with Gasteiger partial charge in [-0.15, -0.1) is 0 Å². The standard InChI is InChI=1S/C21H27ClN4O/c1-21(2,3)17-7-4-6-16(14-17)15-24-20(27)26-12-10-25(11-13-26)19-18(22)8-5-9-23-19/h4-9,14H,10-13,15H2,1-3H3,(H,24,27). The fourth-order valence-electron chi connectivity index (χ4n) is 3.17. The average molecular weight is 387 g/mol. The maximum atomic E-state index is 12.5. The number of anilines is 1. The van der Waals surface area contributed by atoms with Crippen molar-refractivity contribution in [3.63, 3.8) is 0 Å². The highest BCUT2D eigenvalue weighted by Gasteiger charge is 2.23. The van der Waals surface area contributed by atoms with Gasteiger partial charge in [0.15, 0.2) is 0 Å². The van der Waals surface area contributed by atoms with Crippen LogP contribution in [0.3, 0.4) is 0 Å². The number of amides is 2. The Morgan fingerprint density at radius 3 is 2.56 bits per heavy atom. The topological polar surface area (TPSA) is 48.5 Å². The summed E-state index contributed by atoms with van der Waals surface area (Å²) in [5.74, 6) is 0.790. The number of halogens is 1. The highest BCUT2D eigenvalue weighted by molar-refractivity contribution is 6.32. The van der Waals surface area contributed by atoms with Gasteiger partial charge < -0.3 is 15.1 Å². The summed E-state index contributed by atoms with van der Waals surface area (Å²) in [5.41, 5.74) is 2.49. The third kappa shape index (κ3) is 4.92. The van der Waals surface area contributed by atoms with Crippen molar-refractivity contribution in [3.05, 3.63) is 58.7 Å². The number of carbonyl (C=O) groups is 1. The van der Waals surface area contributed by atoms with E-state index in [2.05, 4.69) is 60.2 Å². The number of piperazine rings is 1. The van der Waals surface area contributed by atoms with Crippen LogP contribution in [0.4, 0.5) is 10.6 Å². The molecule has 3 rings (SSSR count). The normalized spacial score (nSPS) is 15.0. The highest BCUT2D eigenvalue weighted by Crippen LogP contribution is 2.24. The van der Waals surface area contributed by atoms with Gasteiger partial charge in [0.05, 0.1) is 5.02 Å². The van der Waals surface area contributed by atoms with Crippen molar-refractivity contribution < 1.29 is 4.79 Å². The van der Waals surface area contributed by atoms with Gasteiger partial charge in [0, 0.05) is 38.9 Å².